The van der Waals surface area contributed by atoms with E-state index in [0.717, 1.165) is 0 Å². The molecule has 0 saturated carbocycles. The number of hydrogen-bond acceptors (Lipinski definition) is 16. The first-order valence-electron chi connectivity index (χ1n) is 29.2. The number of nitrogens with one attached hydrogen (secondary N) is 9. The lowest BCUT2D eigenvalue weighted by Gasteiger charge is -2.28. The molecule has 26 nitrogen and oxygen atoms in total. The minimum Gasteiger partial charge on any atom is -0.444 e. The van der Waals surface area contributed by atoms with Gasteiger partial charge in [0.1, 0.15) is 52.2 Å². The van der Waals surface area contributed by atoms with Crippen molar-refractivity contribution in [1.29, 1.82) is 0 Å². The summed E-state index contributed by atoms with van der Waals surface area (Å²) in [7, 11) is 3.08. The van der Waals surface area contributed by atoms with Crippen LogP contribution in [0.4, 0.5) is 24.0 Å². The average molecular weight is 1190 g/mol. The van der Waals surface area contributed by atoms with Gasteiger partial charge in [-0.1, -0.05) is 0 Å². The van der Waals surface area contributed by atoms with Crippen molar-refractivity contribution in [1.82, 2.24) is 52.8 Å². The van der Waals surface area contributed by atoms with Crippen molar-refractivity contribution >= 4 is 60.0 Å². The third-order valence-corrected chi connectivity index (χ3v) is 11.3. The van der Waals surface area contributed by atoms with Gasteiger partial charge < -0.3 is 82.2 Å². The maximum absolute atomic E-state index is 14.7. The summed E-state index contributed by atoms with van der Waals surface area (Å²) in [5.41, 5.74) is 2.75. The maximum Gasteiger partial charge on any atom is 0.407 e. The predicted molar refractivity (Wildman–Crippen MR) is 315 cm³/mol. The molecule has 10 amide bonds. The number of hydrogen-bond donors (Lipinski definition) is 10. The molecule has 0 fully saturated rings. The number of carbonyl (C=O) groups excluding carboxylic acids is 10. The molecule has 0 radical (unpaired) electrons. The Morgan fingerprint density at radius 1 is 0.325 bits per heavy atom. The van der Waals surface area contributed by atoms with Crippen molar-refractivity contribution in [3.63, 3.8) is 0 Å². The highest BCUT2D eigenvalue weighted by molar-refractivity contribution is 5.96. The molecule has 0 aliphatic rings. The molecule has 83 heavy (non-hydrogen) atoms. The van der Waals surface area contributed by atoms with Gasteiger partial charge in [-0.05, 0) is 200 Å². The summed E-state index contributed by atoms with van der Waals surface area (Å²) in [6.07, 6.45) is 1.06. The largest absolute Gasteiger partial charge is 0.444 e. The van der Waals surface area contributed by atoms with Crippen LogP contribution in [0.5, 0.6) is 0 Å². The molecule has 11 N–H and O–H groups in total. The molecule has 0 aliphatic carbocycles. The molecule has 0 unspecified atom stereocenters. The van der Waals surface area contributed by atoms with Gasteiger partial charge in [-0.15, -0.1) is 0 Å². The van der Waals surface area contributed by atoms with Gasteiger partial charge in [0, 0.05) is 46.8 Å². The van der Waals surface area contributed by atoms with Gasteiger partial charge in [0.2, 0.25) is 29.5 Å². The van der Waals surface area contributed by atoms with Gasteiger partial charge in [0.05, 0.1) is 6.04 Å². The second-order valence-electron chi connectivity index (χ2n) is 25.7. The summed E-state index contributed by atoms with van der Waals surface area (Å²) >= 11 is 0. The summed E-state index contributed by atoms with van der Waals surface area (Å²) in [5, 5.41) is 24.5. The molecule has 0 rings (SSSR count). The topological polar surface area (TPSA) is 354 Å². The molecular weight excluding hydrogens is 1080 g/mol. The van der Waals surface area contributed by atoms with Gasteiger partial charge in [0.15, 0.2) is 0 Å². The van der Waals surface area contributed by atoms with Gasteiger partial charge >= 0.3 is 30.5 Å². The predicted octanol–water partition coefficient (Wildman–Crippen LogP) is 5.82. The van der Waals surface area contributed by atoms with E-state index in [1.807, 2.05) is 0 Å². The van der Waals surface area contributed by atoms with Crippen LogP contribution in [-0.4, -0.2) is 170 Å². The first kappa shape index (κ1) is 76.7. The van der Waals surface area contributed by atoms with Crippen LogP contribution >= 0.6 is 0 Å². The molecule has 0 saturated heterocycles. The number of likely N-dealkylation sites (N-methyl/N-ethyl adjacent to an activating group) is 1. The molecular formula is C57H107N11O15. The lowest BCUT2D eigenvalue weighted by molar-refractivity contribution is -0.136. The molecule has 26 heteroatoms. The van der Waals surface area contributed by atoms with E-state index in [1.54, 1.807) is 104 Å². The van der Waals surface area contributed by atoms with Crippen molar-refractivity contribution in [3.8, 4) is 0 Å². The average Bonchev–Trinajstić information content (AvgIpc) is 3.32. The SMILES string of the molecule is CN(C)C(=O)[C@H](CCCCNC(=O)OC(C)(C)C)NC(=O)[C@H](CCCCNC(=O)OC(C)(C)C)NC(=O)[C@H](CCCCNC(=O)OC(C)(C)C)NC(=O)[C@H](CCCCNC(=O)OC(C)(C)C)NC(=O)[C@@H](N)CCCCNC(=O)OC(C)(C)C. The van der Waals surface area contributed by atoms with E-state index in [9.17, 15) is 47.9 Å². The normalized spacial score (nSPS) is 13.7. The summed E-state index contributed by atoms with van der Waals surface area (Å²) in [4.78, 5) is 134. The number of nitrogens with two attached hydrogens (primary N) is 1. The monoisotopic (exact) mass is 1190 g/mol. The second-order valence-corrected chi connectivity index (χ2v) is 25.7. The van der Waals surface area contributed by atoms with E-state index in [2.05, 4.69) is 47.9 Å². The Morgan fingerprint density at radius 3 is 0.759 bits per heavy atom. The lowest BCUT2D eigenvalue weighted by atomic mass is 10.0. The Bertz CT molecular complexity index is 2040. The molecule has 0 bridgehead atoms. The Kier molecular flexibility index (Phi) is 34.9. The number of nitrogens with zero attached hydrogens (tertiary/aromatic N) is 1. The summed E-state index contributed by atoms with van der Waals surface area (Å²) in [6, 6.07) is -5.92. The fourth-order valence-corrected chi connectivity index (χ4v) is 7.51. The van der Waals surface area contributed by atoms with E-state index in [1.165, 1.54) is 19.0 Å². The minimum atomic E-state index is -1.32. The first-order chi connectivity index (χ1) is 38.2. The smallest absolute Gasteiger partial charge is 0.407 e. The van der Waals surface area contributed by atoms with E-state index < -0.39 is 118 Å². The van der Waals surface area contributed by atoms with Crippen molar-refractivity contribution in [2.45, 2.75) is 258 Å². The van der Waals surface area contributed by atoms with E-state index in [4.69, 9.17) is 29.4 Å². The Labute approximate surface area is 493 Å². The van der Waals surface area contributed by atoms with Crippen molar-refractivity contribution in [3.05, 3.63) is 0 Å². The van der Waals surface area contributed by atoms with E-state index in [-0.39, 0.29) is 71.2 Å². The maximum atomic E-state index is 14.7. The summed E-state index contributed by atoms with van der Waals surface area (Å²) in [6.45, 7) is 27.0. The van der Waals surface area contributed by atoms with Crippen molar-refractivity contribution < 1.29 is 71.6 Å². The second kappa shape index (κ2) is 37.8. The highest BCUT2D eigenvalue weighted by atomic mass is 16.6. The highest BCUT2D eigenvalue weighted by Crippen LogP contribution is 2.14. The first-order valence-corrected chi connectivity index (χ1v) is 29.2. The Hall–Kier alpha value is -6.34. The van der Waals surface area contributed by atoms with Crippen LogP contribution in [0.25, 0.3) is 0 Å². The van der Waals surface area contributed by atoms with Crippen molar-refractivity contribution in [2.24, 2.45) is 5.73 Å². The Morgan fingerprint density at radius 2 is 0.530 bits per heavy atom. The third kappa shape index (κ3) is 42.2. The van der Waals surface area contributed by atoms with E-state index in [0.29, 0.717) is 57.8 Å². The number of unbranched alkanes of at least 4 members (excludes halogenated alkanes) is 5. The zero-order valence-electron chi connectivity index (χ0n) is 53.2. The molecule has 0 aromatic rings. The van der Waals surface area contributed by atoms with Gasteiger partial charge in [-0.2, -0.15) is 0 Å². The molecule has 5 atom stereocenters. The van der Waals surface area contributed by atoms with Crippen LogP contribution in [0.2, 0.25) is 0 Å². The minimum absolute atomic E-state index is 0.00187. The number of amides is 10. The quantitative estimate of drug-likeness (QED) is 0.0268. The van der Waals surface area contributed by atoms with Crippen LogP contribution in [0, 0.1) is 0 Å². The summed E-state index contributed by atoms with van der Waals surface area (Å²) < 4.78 is 26.6. The zero-order valence-corrected chi connectivity index (χ0v) is 53.2. The van der Waals surface area contributed by atoms with Crippen LogP contribution in [0.3, 0.4) is 0 Å². The van der Waals surface area contributed by atoms with Gasteiger partial charge in [-0.3, -0.25) is 24.0 Å². The molecule has 0 heterocycles. The van der Waals surface area contributed by atoms with Gasteiger partial charge in [-0.25, -0.2) is 24.0 Å². The van der Waals surface area contributed by atoms with Crippen LogP contribution in [0.1, 0.15) is 200 Å². The fraction of sp³-hybridized carbons (Fsp3) is 0.825. The van der Waals surface area contributed by atoms with E-state index >= 15 is 0 Å². The fourth-order valence-electron chi connectivity index (χ4n) is 7.51. The van der Waals surface area contributed by atoms with Crippen LogP contribution in [-0.2, 0) is 47.7 Å². The zero-order chi connectivity index (χ0) is 63.8. The number of rotatable bonds is 34. The van der Waals surface area contributed by atoms with Crippen LogP contribution in [0.15, 0.2) is 0 Å². The highest BCUT2D eigenvalue weighted by Gasteiger charge is 2.33. The molecule has 0 aromatic heterocycles. The summed E-state index contributed by atoms with van der Waals surface area (Å²) in [5.74, 6) is -3.27. The lowest BCUT2D eigenvalue weighted by Crippen LogP contribution is -2.58. The standard InChI is InChI=1S/C57H107N11O15/c1-53(2,3)79-48(74)59-33-23-18-28-38(58)43(69)64-39(29-19-24-34-60-49(75)80-54(4,5)6)44(70)65-40(30-20-25-35-61-50(76)81-55(7,8)9)45(71)66-41(31-21-26-36-62-51(77)82-56(10,11)12)46(72)67-42(47(73)68(16)17)32-22-27-37-63-52(78)83-57(13,14)15/h38-42H,18-37,58H2,1-17H3,(H,59,74)(H,60,75)(H,61,76)(H,62,77)(H,63,78)(H,64,69)(H,65,70)(H,66,71)(H,67,72)/t38-,39-,40-,41-,42-/m0/s1. The van der Waals surface area contributed by atoms with Gasteiger partial charge in [0.25, 0.3) is 0 Å². The molecule has 0 aliphatic heterocycles. The van der Waals surface area contributed by atoms with Crippen molar-refractivity contribution in [2.75, 3.05) is 46.8 Å². The number of carbonyl (C=O) groups is 10. The molecule has 0 spiro atoms. The third-order valence-electron chi connectivity index (χ3n) is 11.3. The number of alkyl carbamates (subject to hydrolysis) is 5. The van der Waals surface area contributed by atoms with Crippen LogP contribution < -0.4 is 53.6 Å². The number of ether oxygens (including phenoxy) is 5. The molecule has 480 valence electrons. The Balaban J connectivity index is 6.90. The molecule has 0 aromatic carbocycles.